The predicted molar refractivity (Wildman–Crippen MR) is 107 cm³/mol. The van der Waals surface area contributed by atoms with Gasteiger partial charge in [-0.3, -0.25) is 9.59 Å². The molecular formula is C18H20N6O4S. The number of likely N-dealkylation sites (N-methyl/N-ethyl adjacent to an activating group) is 1. The molecule has 0 radical (unpaired) electrons. The second kappa shape index (κ2) is 7.97. The average molecular weight is 416 g/mol. The molecule has 3 rings (SSSR count). The van der Waals surface area contributed by atoms with E-state index in [0.717, 1.165) is 5.52 Å². The summed E-state index contributed by atoms with van der Waals surface area (Å²) in [6.45, 7) is 2.43. The van der Waals surface area contributed by atoms with Gasteiger partial charge in [0.25, 0.3) is 5.91 Å². The fourth-order valence-electron chi connectivity index (χ4n) is 2.77. The third-order valence-electron chi connectivity index (χ3n) is 4.25. The summed E-state index contributed by atoms with van der Waals surface area (Å²) in [7, 11) is -2.29. The molecule has 1 heterocycles. The molecule has 0 aliphatic heterocycles. The summed E-state index contributed by atoms with van der Waals surface area (Å²) in [6.07, 6.45) is 0. The van der Waals surface area contributed by atoms with Gasteiger partial charge in [0, 0.05) is 24.8 Å². The molecule has 11 heteroatoms. The first-order valence-corrected chi connectivity index (χ1v) is 10.2. The first kappa shape index (κ1) is 20.4. The molecule has 1 aromatic heterocycles. The quantitative estimate of drug-likeness (QED) is 0.609. The van der Waals surface area contributed by atoms with Gasteiger partial charge in [-0.1, -0.05) is 5.21 Å². The first-order chi connectivity index (χ1) is 13.7. The average Bonchev–Trinajstić information content (AvgIpc) is 3.09. The Labute approximate surface area is 167 Å². The molecule has 152 valence electrons. The number of aryl methyl sites for hydroxylation is 1. The zero-order valence-corrected chi connectivity index (χ0v) is 16.7. The molecule has 29 heavy (non-hydrogen) atoms. The fraction of sp³-hybridized carbons (Fsp3) is 0.222. The van der Waals surface area contributed by atoms with Crippen LogP contribution in [0, 0.1) is 0 Å². The molecule has 0 saturated heterocycles. The number of nitrogens with one attached hydrogen (secondary N) is 1. The van der Waals surface area contributed by atoms with Gasteiger partial charge in [0.2, 0.25) is 15.9 Å². The van der Waals surface area contributed by atoms with E-state index in [2.05, 4.69) is 15.6 Å². The lowest BCUT2D eigenvalue weighted by atomic mass is 10.1. The van der Waals surface area contributed by atoms with Crippen molar-refractivity contribution in [2.75, 3.05) is 18.9 Å². The highest BCUT2D eigenvalue weighted by Crippen LogP contribution is 2.15. The van der Waals surface area contributed by atoms with Crippen LogP contribution in [0.25, 0.3) is 11.0 Å². The van der Waals surface area contributed by atoms with Gasteiger partial charge in [-0.15, -0.1) is 5.10 Å². The third kappa shape index (κ3) is 4.58. The number of rotatable bonds is 6. The van der Waals surface area contributed by atoms with Crippen LogP contribution in [0.5, 0.6) is 0 Å². The highest BCUT2D eigenvalue weighted by Gasteiger charge is 2.17. The fourth-order valence-corrected chi connectivity index (χ4v) is 3.29. The first-order valence-electron chi connectivity index (χ1n) is 8.70. The second-order valence-corrected chi connectivity index (χ2v) is 7.95. The van der Waals surface area contributed by atoms with E-state index in [1.165, 1.54) is 36.2 Å². The lowest BCUT2D eigenvalue weighted by Crippen LogP contribution is -2.34. The third-order valence-corrected chi connectivity index (χ3v) is 5.18. The molecule has 0 aliphatic carbocycles. The molecule has 3 aromatic rings. The number of primary sulfonamides is 1. The van der Waals surface area contributed by atoms with Crippen molar-refractivity contribution >= 4 is 38.6 Å². The second-order valence-electron chi connectivity index (χ2n) is 6.39. The lowest BCUT2D eigenvalue weighted by Gasteiger charge is -2.17. The van der Waals surface area contributed by atoms with E-state index in [9.17, 15) is 18.0 Å². The summed E-state index contributed by atoms with van der Waals surface area (Å²) < 4.78 is 24.2. The van der Waals surface area contributed by atoms with E-state index in [-0.39, 0.29) is 17.3 Å². The van der Waals surface area contributed by atoms with Gasteiger partial charge < -0.3 is 10.2 Å². The highest BCUT2D eigenvalue weighted by atomic mass is 32.2. The van der Waals surface area contributed by atoms with E-state index >= 15 is 0 Å². The number of fused-ring (bicyclic) bond motifs is 1. The van der Waals surface area contributed by atoms with Crippen molar-refractivity contribution in [1.29, 1.82) is 0 Å². The number of amides is 2. The Balaban J connectivity index is 1.65. The van der Waals surface area contributed by atoms with Crippen LogP contribution in [0.15, 0.2) is 47.4 Å². The van der Waals surface area contributed by atoms with Gasteiger partial charge in [0.05, 0.1) is 17.0 Å². The summed E-state index contributed by atoms with van der Waals surface area (Å²) in [6, 6.07) is 10.5. The van der Waals surface area contributed by atoms with Crippen molar-refractivity contribution < 1.29 is 18.0 Å². The zero-order valence-electron chi connectivity index (χ0n) is 15.9. The summed E-state index contributed by atoms with van der Waals surface area (Å²) in [5.41, 5.74) is 2.21. The maximum atomic E-state index is 12.6. The molecule has 0 spiro atoms. The van der Waals surface area contributed by atoms with E-state index < -0.39 is 15.9 Å². The summed E-state index contributed by atoms with van der Waals surface area (Å²) in [4.78, 5) is 26.1. The minimum Gasteiger partial charge on any atom is -0.332 e. The van der Waals surface area contributed by atoms with Gasteiger partial charge in [0.15, 0.2) is 0 Å². The Kier molecular flexibility index (Phi) is 5.62. The van der Waals surface area contributed by atoms with Crippen LogP contribution < -0.4 is 10.5 Å². The van der Waals surface area contributed by atoms with Gasteiger partial charge in [0.1, 0.15) is 5.52 Å². The number of benzene rings is 2. The SMILES string of the molecule is CCn1nnc2cc(C(=O)N(C)CC(=O)Nc3ccc(S(N)(=O)=O)cc3)ccc21. The number of hydrogen-bond donors (Lipinski definition) is 2. The van der Waals surface area contributed by atoms with Crippen molar-refractivity contribution in [2.24, 2.45) is 5.14 Å². The molecule has 0 unspecified atom stereocenters. The lowest BCUT2D eigenvalue weighted by molar-refractivity contribution is -0.116. The van der Waals surface area contributed by atoms with Crippen molar-refractivity contribution in [3.63, 3.8) is 0 Å². The molecule has 0 bridgehead atoms. The molecule has 10 nitrogen and oxygen atoms in total. The standard InChI is InChI=1S/C18H20N6O4S/c1-3-24-16-9-4-12(10-15(16)21-22-24)18(26)23(2)11-17(25)20-13-5-7-14(8-6-13)29(19,27)28/h4-10H,3,11H2,1-2H3,(H,20,25)(H2,19,27,28). The maximum Gasteiger partial charge on any atom is 0.254 e. The Hall–Kier alpha value is -3.31. The number of nitrogens with zero attached hydrogens (tertiary/aromatic N) is 4. The minimum atomic E-state index is -3.80. The number of sulfonamides is 1. The van der Waals surface area contributed by atoms with Crippen molar-refractivity contribution in [3.05, 3.63) is 48.0 Å². The molecule has 3 N–H and O–H groups in total. The van der Waals surface area contributed by atoms with Gasteiger partial charge >= 0.3 is 0 Å². The van der Waals surface area contributed by atoms with Gasteiger partial charge in [-0.05, 0) is 49.4 Å². The molecule has 0 aliphatic rings. The Morgan fingerprint density at radius 3 is 2.48 bits per heavy atom. The number of anilines is 1. The normalized spacial score (nSPS) is 11.4. The van der Waals surface area contributed by atoms with Crippen LogP contribution in [0.2, 0.25) is 0 Å². The zero-order chi connectivity index (χ0) is 21.2. The van der Waals surface area contributed by atoms with Crippen molar-refractivity contribution in [1.82, 2.24) is 19.9 Å². The predicted octanol–water partition coefficient (Wildman–Crippen LogP) is 0.809. The largest absolute Gasteiger partial charge is 0.332 e. The smallest absolute Gasteiger partial charge is 0.254 e. The topological polar surface area (TPSA) is 140 Å². The molecular weight excluding hydrogens is 396 g/mol. The molecule has 2 amide bonds. The van der Waals surface area contributed by atoms with Crippen LogP contribution in [0.1, 0.15) is 17.3 Å². The van der Waals surface area contributed by atoms with E-state index in [0.29, 0.717) is 23.3 Å². The van der Waals surface area contributed by atoms with E-state index in [1.807, 2.05) is 6.92 Å². The Morgan fingerprint density at radius 1 is 1.17 bits per heavy atom. The van der Waals surface area contributed by atoms with Gasteiger partial charge in [-0.2, -0.15) is 0 Å². The number of nitrogens with two attached hydrogens (primary N) is 1. The minimum absolute atomic E-state index is 0.0572. The molecule has 0 saturated carbocycles. The Bertz CT molecular complexity index is 1170. The molecule has 2 aromatic carbocycles. The maximum absolute atomic E-state index is 12.6. The van der Waals surface area contributed by atoms with Crippen molar-refractivity contribution in [2.45, 2.75) is 18.4 Å². The number of hydrogen-bond acceptors (Lipinski definition) is 6. The Morgan fingerprint density at radius 2 is 1.86 bits per heavy atom. The highest BCUT2D eigenvalue weighted by molar-refractivity contribution is 7.89. The monoisotopic (exact) mass is 416 g/mol. The van der Waals surface area contributed by atoms with E-state index in [1.54, 1.807) is 22.9 Å². The van der Waals surface area contributed by atoms with E-state index in [4.69, 9.17) is 5.14 Å². The summed E-state index contributed by atoms with van der Waals surface area (Å²) >= 11 is 0. The molecule has 0 atom stereocenters. The number of carbonyl (C=O) groups is 2. The summed E-state index contributed by atoms with van der Waals surface area (Å²) in [5.74, 6) is -0.764. The van der Waals surface area contributed by atoms with Crippen LogP contribution in [-0.4, -0.2) is 53.7 Å². The number of carbonyl (C=O) groups excluding carboxylic acids is 2. The van der Waals surface area contributed by atoms with Crippen LogP contribution >= 0.6 is 0 Å². The number of aromatic nitrogens is 3. The van der Waals surface area contributed by atoms with Gasteiger partial charge in [-0.25, -0.2) is 18.2 Å². The van der Waals surface area contributed by atoms with Crippen LogP contribution in [-0.2, 0) is 21.4 Å². The molecule has 0 fully saturated rings. The van der Waals surface area contributed by atoms with Crippen LogP contribution in [0.4, 0.5) is 5.69 Å². The van der Waals surface area contributed by atoms with Crippen LogP contribution in [0.3, 0.4) is 0 Å². The summed E-state index contributed by atoms with van der Waals surface area (Å²) in [5, 5.41) is 15.7. The van der Waals surface area contributed by atoms with Crippen molar-refractivity contribution in [3.8, 4) is 0 Å².